The third-order valence-electron chi connectivity index (χ3n) is 3.12. The molecule has 0 spiro atoms. The molecule has 21 heavy (non-hydrogen) atoms. The Balaban J connectivity index is 2.43. The second-order valence-corrected chi connectivity index (χ2v) is 6.78. The van der Waals surface area contributed by atoms with Crippen molar-refractivity contribution in [2.45, 2.75) is 18.1 Å². The van der Waals surface area contributed by atoms with E-state index in [2.05, 4.69) is 15.6 Å². The van der Waals surface area contributed by atoms with Gasteiger partial charge in [0.2, 0.25) is 15.0 Å². The number of hydrogen-bond acceptors (Lipinski definition) is 5. The van der Waals surface area contributed by atoms with Crippen LogP contribution in [0.1, 0.15) is 17.4 Å². The van der Waals surface area contributed by atoms with Gasteiger partial charge in [0.15, 0.2) is 5.69 Å². The molecule has 0 saturated heterocycles. The normalized spacial score (nSPS) is 13.3. The summed E-state index contributed by atoms with van der Waals surface area (Å²) in [7, 11) is -1.72. The Bertz CT molecular complexity index is 767. The zero-order chi connectivity index (χ0) is 15.6. The van der Waals surface area contributed by atoms with Crippen LogP contribution in [-0.4, -0.2) is 49.6 Å². The quantitative estimate of drug-likeness (QED) is 0.815. The highest BCUT2D eigenvalue weighted by atomic mass is 32.2. The zero-order valence-electron chi connectivity index (χ0n) is 12.1. The van der Waals surface area contributed by atoms with Gasteiger partial charge in [-0.1, -0.05) is 6.07 Å². The van der Waals surface area contributed by atoms with Crippen LogP contribution in [0, 0.1) is 0 Å². The smallest absolute Gasteiger partial charge is 0.272 e. The van der Waals surface area contributed by atoms with E-state index in [0.29, 0.717) is 12.1 Å². The van der Waals surface area contributed by atoms with Crippen LogP contribution >= 0.6 is 0 Å². The van der Waals surface area contributed by atoms with Crippen molar-refractivity contribution in [2.75, 3.05) is 19.8 Å². The van der Waals surface area contributed by atoms with E-state index in [1.165, 1.54) is 4.40 Å². The molecule has 2 aromatic heterocycles. The molecule has 0 aromatic carbocycles. The van der Waals surface area contributed by atoms with Crippen molar-refractivity contribution in [2.24, 2.45) is 0 Å². The van der Waals surface area contributed by atoms with Crippen LogP contribution in [0.3, 0.4) is 0 Å². The molecule has 7 nitrogen and oxygen atoms in total. The maximum Gasteiger partial charge on any atom is 0.272 e. The van der Waals surface area contributed by atoms with Gasteiger partial charge in [-0.25, -0.2) is 13.4 Å². The number of imidazole rings is 1. The van der Waals surface area contributed by atoms with Gasteiger partial charge in [0.05, 0.1) is 5.52 Å². The Morgan fingerprint density at radius 1 is 1.43 bits per heavy atom. The molecule has 1 amide bonds. The van der Waals surface area contributed by atoms with E-state index in [4.69, 9.17) is 0 Å². The summed E-state index contributed by atoms with van der Waals surface area (Å²) in [5.41, 5.74) is 0.576. The number of carbonyl (C=O) groups is 1. The van der Waals surface area contributed by atoms with Gasteiger partial charge < -0.3 is 10.6 Å². The van der Waals surface area contributed by atoms with Gasteiger partial charge in [-0.2, -0.15) is 0 Å². The Kier molecular flexibility index (Phi) is 4.29. The van der Waals surface area contributed by atoms with E-state index < -0.39 is 15.7 Å². The molecule has 0 aliphatic heterocycles. The number of sulfone groups is 1. The molecule has 114 valence electrons. The molecule has 0 aliphatic rings. The number of hydrogen-bond donors (Lipinski definition) is 2. The van der Waals surface area contributed by atoms with Crippen LogP contribution in [0.5, 0.6) is 0 Å². The summed E-state index contributed by atoms with van der Waals surface area (Å²) in [5.74, 6) is -0.393. The highest BCUT2D eigenvalue weighted by Gasteiger charge is 2.22. The summed E-state index contributed by atoms with van der Waals surface area (Å²) in [5, 5.41) is 5.60. The third kappa shape index (κ3) is 3.22. The molecule has 0 aliphatic carbocycles. The van der Waals surface area contributed by atoms with Crippen molar-refractivity contribution in [1.29, 1.82) is 0 Å². The number of rotatable bonds is 5. The van der Waals surface area contributed by atoms with Crippen LogP contribution in [0.4, 0.5) is 0 Å². The highest BCUT2D eigenvalue weighted by Crippen LogP contribution is 2.16. The van der Waals surface area contributed by atoms with Gasteiger partial charge in [-0.05, 0) is 26.1 Å². The minimum absolute atomic E-state index is 0.109. The van der Waals surface area contributed by atoms with Gasteiger partial charge in [-0.3, -0.25) is 9.20 Å². The molecule has 0 bridgehead atoms. The van der Waals surface area contributed by atoms with E-state index in [9.17, 15) is 13.2 Å². The van der Waals surface area contributed by atoms with Crippen molar-refractivity contribution in [3.8, 4) is 0 Å². The minimum Gasteiger partial charge on any atom is -0.349 e. The second kappa shape index (κ2) is 5.82. The molecule has 0 radical (unpaired) electrons. The topological polar surface area (TPSA) is 92.6 Å². The lowest BCUT2D eigenvalue weighted by Crippen LogP contribution is -2.37. The number of likely N-dealkylation sites (N-methyl/N-ethyl adjacent to an activating group) is 1. The number of fused-ring (bicyclic) bond motifs is 1. The first-order valence-corrected chi connectivity index (χ1v) is 8.36. The summed E-state index contributed by atoms with van der Waals surface area (Å²) in [4.78, 5) is 16.2. The Morgan fingerprint density at radius 3 is 2.76 bits per heavy atom. The fourth-order valence-electron chi connectivity index (χ4n) is 1.87. The first kappa shape index (κ1) is 15.5. The lowest BCUT2D eigenvalue weighted by Gasteiger charge is -2.10. The number of amides is 1. The van der Waals surface area contributed by atoms with Crippen molar-refractivity contribution >= 4 is 21.3 Å². The fourth-order valence-corrected chi connectivity index (χ4v) is 2.64. The molecule has 2 heterocycles. The molecule has 2 rings (SSSR count). The summed E-state index contributed by atoms with van der Waals surface area (Å²) >= 11 is 0. The van der Waals surface area contributed by atoms with Gasteiger partial charge in [0, 0.05) is 25.0 Å². The number of nitrogens with zero attached hydrogens (tertiary/aromatic N) is 2. The molecule has 1 unspecified atom stereocenters. The largest absolute Gasteiger partial charge is 0.349 e. The van der Waals surface area contributed by atoms with Crippen molar-refractivity contribution in [3.63, 3.8) is 0 Å². The average molecular weight is 310 g/mol. The standard InChI is InChI=1S/C13H18N4O3S/c1-9(14-2)8-15-12(18)11-10-6-4-5-7-17(10)13(16-11)21(3,19)20/h4-7,9,14H,8H2,1-3H3,(H,15,18). The Hall–Kier alpha value is -1.93. The van der Waals surface area contributed by atoms with Crippen LogP contribution in [0.2, 0.25) is 0 Å². The van der Waals surface area contributed by atoms with Crippen LogP contribution in [0.15, 0.2) is 29.6 Å². The van der Waals surface area contributed by atoms with Gasteiger partial charge >= 0.3 is 0 Å². The van der Waals surface area contributed by atoms with Crippen LogP contribution in [0.25, 0.3) is 5.52 Å². The minimum atomic E-state index is -3.52. The Morgan fingerprint density at radius 2 is 2.14 bits per heavy atom. The van der Waals surface area contributed by atoms with E-state index in [0.717, 1.165) is 6.26 Å². The summed E-state index contributed by atoms with van der Waals surface area (Å²) < 4.78 is 24.9. The molecule has 2 aromatic rings. The number of pyridine rings is 1. The molecule has 8 heteroatoms. The summed E-state index contributed by atoms with van der Waals surface area (Å²) in [6.07, 6.45) is 2.64. The predicted molar refractivity (Wildman–Crippen MR) is 79.2 cm³/mol. The van der Waals surface area contributed by atoms with Gasteiger partial charge in [0.1, 0.15) is 0 Å². The Labute approximate surface area is 123 Å². The molecule has 0 saturated carbocycles. The van der Waals surface area contributed by atoms with E-state index >= 15 is 0 Å². The van der Waals surface area contributed by atoms with E-state index in [1.54, 1.807) is 31.4 Å². The lowest BCUT2D eigenvalue weighted by molar-refractivity contribution is 0.0947. The maximum absolute atomic E-state index is 12.2. The van der Waals surface area contributed by atoms with E-state index in [1.807, 2.05) is 6.92 Å². The molecular weight excluding hydrogens is 292 g/mol. The van der Waals surface area contributed by atoms with E-state index in [-0.39, 0.29) is 16.9 Å². The SMILES string of the molecule is CNC(C)CNC(=O)c1nc(S(C)(=O)=O)n2ccccc12. The maximum atomic E-state index is 12.2. The van der Waals surface area contributed by atoms with Crippen LogP contribution in [-0.2, 0) is 9.84 Å². The van der Waals surface area contributed by atoms with Crippen molar-refractivity contribution in [3.05, 3.63) is 30.1 Å². The van der Waals surface area contributed by atoms with Gasteiger partial charge in [0.25, 0.3) is 5.91 Å². The molecule has 2 N–H and O–H groups in total. The number of aromatic nitrogens is 2. The number of nitrogens with one attached hydrogen (secondary N) is 2. The summed E-state index contributed by atoms with van der Waals surface area (Å²) in [6, 6.07) is 5.19. The third-order valence-corrected chi connectivity index (χ3v) is 4.08. The van der Waals surface area contributed by atoms with Crippen molar-refractivity contribution in [1.82, 2.24) is 20.0 Å². The van der Waals surface area contributed by atoms with Crippen LogP contribution < -0.4 is 10.6 Å². The first-order valence-electron chi connectivity index (χ1n) is 6.47. The fraction of sp³-hybridized carbons (Fsp3) is 0.385. The zero-order valence-corrected chi connectivity index (χ0v) is 12.9. The molecule has 0 fully saturated rings. The first-order chi connectivity index (χ1) is 9.84. The monoisotopic (exact) mass is 310 g/mol. The molecular formula is C13H18N4O3S. The number of carbonyl (C=O) groups excluding carboxylic acids is 1. The highest BCUT2D eigenvalue weighted by molar-refractivity contribution is 7.90. The van der Waals surface area contributed by atoms with Crippen molar-refractivity contribution < 1.29 is 13.2 Å². The second-order valence-electron chi connectivity index (χ2n) is 4.87. The summed E-state index contributed by atoms with van der Waals surface area (Å²) in [6.45, 7) is 2.35. The molecule has 1 atom stereocenters. The van der Waals surface area contributed by atoms with Gasteiger partial charge in [-0.15, -0.1) is 0 Å². The average Bonchev–Trinajstić information content (AvgIpc) is 2.84. The predicted octanol–water partition coefficient (Wildman–Crippen LogP) is 0.0755. The lowest BCUT2D eigenvalue weighted by atomic mass is 10.3.